The fourth-order valence-electron chi connectivity index (χ4n) is 4.08. The maximum Gasteiger partial charge on any atom is 0.437 e. The Hall–Kier alpha value is -3.20. The van der Waals surface area contributed by atoms with Crippen LogP contribution in [0.15, 0.2) is 49.1 Å². The minimum Gasteiger partial charge on any atom is -0.336 e. The molecule has 1 N–H and O–H groups in total. The van der Waals surface area contributed by atoms with Crippen LogP contribution < -0.4 is 0 Å². The standard InChI is InChI=1S/C21H16ClF3N6/c22-16-3-1-2-14-13(4-5-15(14)16)9-31-10-18(27-11-31)17-8-12(6-7-26-17)19-20(21(23,24)25)29-30-28-19/h1-3,6-8,10-11,13H,4-5,9H2,(H,28,29,30)/t13-/m1/s1. The van der Waals surface area contributed by atoms with E-state index in [1.165, 1.54) is 29.5 Å². The number of aromatic nitrogens is 6. The second-order valence-corrected chi connectivity index (χ2v) is 7.85. The number of nitrogens with one attached hydrogen (secondary N) is 1. The zero-order valence-electron chi connectivity index (χ0n) is 16.1. The Bertz CT molecular complexity index is 1250. The van der Waals surface area contributed by atoms with Gasteiger partial charge >= 0.3 is 6.18 Å². The summed E-state index contributed by atoms with van der Waals surface area (Å²) >= 11 is 6.31. The number of fused-ring (bicyclic) bond motifs is 1. The van der Waals surface area contributed by atoms with E-state index in [-0.39, 0.29) is 11.3 Å². The Morgan fingerprint density at radius 1 is 1.13 bits per heavy atom. The van der Waals surface area contributed by atoms with Gasteiger partial charge in [0.25, 0.3) is 0 Å². The molecule has 31 heavy (non-hydrogen) atoms. The van der Waals surface area contributed by atoms with Gasteiger partial charge in [0.2, 0.25) is 0 Å². The van der Waals surface area contributed by atoms with E-state index in [1.807, 2.05) is 28.1 Å². The highest BCUT2D eigenvalue weighted by molar-refractivity contribution is 6.31. The van der Waals surface area contributed by atoms with Crippen LogP contribution in [0.2, 0.25) is 5.02 Å². The molecule has 0 fully saturated rings. The number of halogens is 4. The van der Waals surface area contributed by atoms with Gasteiger partial charge in [0.15, 0.2) is 5.69 Å². The van der Waals surface area contributed by atoms with Crippen molar-refractivity contribution in [1.29, 1.82) is 0 Å². The molecule has 1 aliphatic rings. The van der Waals surface area contributed by atoms with Gasteiger partial charge in [-0.05, 0) is 42.2 Å². The van der Waals surface area contributed by atoms with Crippen LogP contribution in [-0.4, -0.2) is 29.9 Å². The van der Waals surface area contributed by atoms with Gasteiger partial charge in [-0.3, -0.25) is 4.98 Å². The summed E-state index contributed by atoms with van der Waals surface area (Å²) in [4.78, 5) is 8.68. The van der Waals surface area contributed by atoms with Gasteiger partial charge < -0.3 is 4.57 Å². The third-order valence-corrected chi connectivity index (χ3v) is 5.87. The first-order valence-electron chi connectivity index (χ1n) is 9.64. The maximum atomic E-state index is 13.2. The minimum absolute atomic E-state index is 0.264. The summed E-state index contributed by atoms with van der Waals surface area (Å²) in [7, 11) is 0. The number of hydrogen-bond acceptors (Lipinski definition) is 4. The molecule has 4 aromatic rings. The second kappa shape index (κ2) is 7.49. The zero-order chi connectivity index (χ0) is 21.6. The summed E-state index contributed by atoms with van der Waals surface area (Å²) < 4.78 is 41.4. The Morgan fingerprint density at radius 3 is 2.84 bits per heavy atom. The van der Waals surface area contributed by atoms with Crippen molar-refractivity contribution < 1.29 is 13.2 Å². The van der Waals surface area contributed by atoms with Gasteiger partial charge in [-0.2, -0.15) is 28.6 Å². The lowest BCUT2D eigenvalue weighted by Crippen LogP contribution is -2.07. The Labute approximate surface area is 180 Å². The molecule has 1 atom stereocenters. The molecule has 1 aliphatic carbocycles. The van der Waals surface area contributed by atoms with E-state index in [0.717, 1.165) is 24.4 Å². The van der Waals surface area contributed by atoms with Gasteiger partial charge in [0.05, 0.1) is 12.0 Å². The molecule has 10 heteroatoms. The number of nitrogens with zero attached hydrogens (tertiary/aromatic N) is 5. The second-order valence-electron chi connectivity index (χ2n) is 7.45. The smallest absolute Gasteiger partial charge is 0.336 e. The van der Waals surface area contributed by atoms with Crippen LogP contribution in [0.4, 0.5) is 13.2 Å². The summed E-state index contributed by atoms with van der Waals surface area (Å²) in [5, 5.41) is 9.76. The van der Waals surface area contributed by atoms with Crippen LogP contribution in [0, 0.1) is 0 Å². The first-order chi connectivity index (χ1) is 14.9. The molecule has 3 aromatic heterocycles. The van der Waals surface area contributed by atoms with Crippen molar-refractivity contribution in [3.05, 3.63) is 70.9 Å². The molecule has 5 rings (SSSR count). The highest BCUT2D eigenvalue weighted by Gasteiger charge is 2.38. The van der Waals surface area contributed by atoms with E-state index in [2.05, 4.69) is 26.2 Å². The lowest BCUT2D eigenvalue weighted by molar-refractivity contribution is -0.140. The van der Waals surface area contributed by atoms with Crippen LogP contribution >= 0.6 is 11.6 Å². The van der Waals surface area contributed by atoms with Crippen LogP contribution in [0.5, 0.6) is 0 Å². The Kier molecular flexibility index (Phi) is 4.77. The molecule has 0 saturated heterocycles. The normalized spacial score (nSPS) is 15.9. The molecule has 0 saturated carbocycles. The third kappa shape index (κ3) is 3.69. The highest BCUT2D eigenvalue weighted by atomic mass is 35.5. The number of hydrogen-bond donors (Lipinski definition) is 1. The minimum atomic E-state index is -4.60. The predicted molar refractivity (Wildman–Crippen MR) is 108 cm³/mol. The average molecular weight is 445 g/mol. The van der Waals surface area contributed by atoms with Crippen LogP contribution in [-0.2, 0) is 19.1 Å². The molecule has 1 aromatic carbocycles. The quantitative estimate of drug-likeness (QED) is 0.473. The Morgan fingerprint density at radius 2 is 2.00 bits per heavy atom. The number of pyridine rings is 1. The van der Waals surface area contributed by atoms with Crippen molar-refractivity contribution in [3.8, 4) is 22.6 Å². The number of alkyl halides is 3. The Balaban J connectivity index is 1.40. The SMILES string of the molecule is FC(F)(F)c1n[nH]nc1-c1ccnc(-c2cn(C[C@H]3CCc4c(Cl)cccc43)cn2)c1. The summed E-state index contributed by atoms with van der Waals surface area (Å²) in [6.07, 6.45) is 2.35. The molecule has 0 unspecified atom stereocenters. The van der Waals surface area contributed by atoms with Crippen LogP contribution in [0.3, 0.4) is 0 Å². The van der Waals surface area contributed by atoms with E-state index in [0.29, 0.717) is 17.3 Å². The van der Waals surface area contributed by atoms with E-state index < -0.39 is 11.9 Å². The summed E-state index contributed by atoms with van der Waals surface area (Å²) in [6.45, 7) is 0.738. The predicted octanol–water partition coefficient (Wildman–Crippen LogP) is 5.13. The maximum absolute atomic E-state index is 13.2. The van der Waals surface area contributed by atoms with E-state index in [4.69, 9.17) is 11.6 Å². The summed E-state index contributed by atoms with van der Waals surface area (Å²) in [6, 6.07) is 8.98. The molecule has 0 bridgehead atoms. The number of benzene rings is 1. The molecule has 0 amide bonds. The highest BCUT2D eigenvalue weighted by Crippen LogP contribution is 2.38. The lowest BCUT2D eigenvalue weighted by atomic mass is 10.0. The largest absolute Gasteiger partial charge is 0.437 e. The van der Waals surface area contributed by atoms with Crippen molar-refractivity contribution in [2.24, 2.45) is 0 Å². The molecular weight excluding hydrogens is 429 g/mol. The van der Waals surface area contributed by atoms with Crippen molar-refractivity contribution in [3.63, 3.8) is 0 Å². The van der Waals surface area contributed by atoms with Crippen molar-refractivity contribution in [1.82, 2.24) is 29.9 Å². The van der Waals surface area contributed by atoms with E-state index in [1.54, 1.807) is 6.33 Å². The molecule has 0 radical (unpaired) electrons. The molecule has 3 heterocycles. The van der Waals surface area contributed by atoms with Crippen LogP contribution in [0.25, 0.3) is 22.6 Å². The van der Waals surface area contributed by atoms with Crippen molar-refractivity contribution >= 4 is 11.6 Å². The molecule has 0 aliphatic heterocycles. The van der Waals surface area contributed by atoms with Gasteiger partial charge in [0, 0.05) is 35.4 Å². The van der Waals surface area contributed by atoms with Gasteiger partial charge in [-0.25, -0.2) is 4.98 Å². The van der Waals surface area contributed by atoms with Gasteiger partial charge in [-0.15, -0.1) is 0 Å². The fourth-order valence-corrected chi connectivity index (χ4v) is 4.36. The number of aromatic amines is 1. The average Bonchev–Trinajstić information content (AvgIpc) is 3.48. The zero-order valence-corrected chi connectivity index (χ0v) is 16.8. The number of rotatable bonds is 4. The molecule has 158 valence electrons. The molecule has 0 spiro atoms. The first-order valence-corrected chi connectivity index (χ1v) is 10.0. The monoisotopic (exact) mass is 444 g/mol. The molecule has 6 nitrogen and oxygen atoms in total. The lowest BCUT2D eigenvalue weighted by Gasteiger charge is -2.12. The first kappa shape index (κ1) is 19.7. The summed E-state index contributed by atoms with van der Waals surface area (Å²) in [5.41, 5.74) is 2.43. The van der Waals surface area contributed by atoms with Crippen molar-refractivity contribution in [2.45, 2.75) is 31.5 Å². The molecular formula is C21H16ClF3N6. The van der Waals surface area contributed by atoms with Gasteiger partial charge in [-0.1, -0.05) is 23.7 Å². The van der Waals surface area contributed by atoms with E-state index in [9.17, 15) is 13.2 Å². The summed E-state index contributed by atoms with van der Waals surface area (Å²) in [5.74, 6) is 0.333. The third-order valence-electron chi connectivity index (χ3n) is 5.51. The topological polar surface area (TPSA) is 72.3 Å². The fraction of sp³-hybridized carbons (Fsp3) is 0.238. The number of imidazole rings is 1. The van der Waals surface area contributed by atoms with Gasteiger partial charge in [0.1, 0.15) is 11.4 Å². The van der Waals surface area contributed by atoms with Crippen LogP contribution in [0.1, 0.15) is 29.2 Å². The van der Waals surface area contributed by atoms with E-state index >= 15 is 0 Å². The number of H-pyrrole nitrogens is 1. The van der Waals surface area contributed by atoms with Crippen molar-refractivity contribution in [2.75, 3.05) is 0 Å².